The molecule has 3 nitrogen and oxygen atoms in total. The second-order valence-electron chi connectivity index (χ2n) is 4.54. The Morgan fingerprint density at radius 2 is 2.06 bits per heavy atom. The number of nitrogens with zero attached hydrogens (tertiary/aromatic N) is 1. The van der Waals surface area contributed by atoms with E-state index in [2.05, 4.69) is 10.2 Å². The molecule has 0 heterocycles. The zero-order valence-corrected chi connectivity index (χ0v) is 12.3. The average Bonchev–Trinajstić information content (AvgIpc) is 2.31. The van der Waals surface area contributed by atoms with Crippen molar-refractivity contribution in [2.24, 2.45) is 0 Å². The number of hydrogen-bond acceptors (Lipinski definition) is 3. The minimum atomic E-state index is -0.629. The fourth-order valence-electron chi connectivity index (χ4n) is 1.64. The summed E-state index contributed by atoms with van der Waals surface area (Å²) in [5.41, 5.74) is 0.671. The van der Waals surface area contributed by atoms with Gasteiger partial charge in [-0.1, -0.05) is 23.2 Å². The quantitative estimate of drug-likeness (QED) is 0.758. The highest BCUT2D eigenvalue weighted by Crippen LogP contribution is 2.25. The van der Waals surface area contributed by atoms with Crippen LogP contribution in [0.15, 0.2) is 18.2 Å². The van der Waals surface area contributed by atoms with Gasteiger partial charge < -0.3 is 15.3 Å². The van der Waals surface area contributed by atoms with E-state index in [4.69, 9.17) is 23.2 Å². The van der Waals surface area contributed by atoms with Crippen LogP contribution in [-0.4, -0.2) is 43.7 Å². The minimum Gasteiger partial charge on any atom is -0.387 e. The first-order chi connectivity index (χ1) is 8.50. The van der Waals surface area contributed by atoms with Gasteiger partial charge in [0, 0.05) is 22.2 Å². The van der Waals surface area contributed by atoms with Gasteiger partial charge in [0.1, 0.15) is 0 Å². The van der Waals surface area contributed by atoms with Crippen molar-refractivity contribution in [2.75, 3.05) is 33.7 Å². The lowest BCUT2D eigenvalue weighted by Gasteiger charge is -2.15. The van der Waals surface area contributed by atoms with Crippen molar-refractivity contribution in [1.29, 1.82) is 0 Å². The van der Waals surface area contributed by atoms with Crippen molar-refractivity contribution >= 4 is 23.2 Å². The number of nitrogens with one attached hydrogen (secondary N) is 1. The molecule has 0 radical (unpaired) electrons. The van der Waals surface area contributed by atoms with E-state index in [1.165, 1.54) is 0 Å². The standard InChI is InChI=1S/C13H20Cl2N2O/c1-17(2)7-3-6-16-9-13(18)11-8-10(14)4-5-12(11)15/h4-5,8,13,16,18H,3,6-7,9H2,1-2H3. The van der Waals surface area contributed by atoms with Gasteiger partial charge in [0.15, 0.2) is 0 Å². The molecule has 0 aliphatic carbocycles. The molecule has 1 unspecified atom stereocenters. The highest BCUT2D eigenvalue weighted by Gasteiger charge is 2.11. The number of hydrogen-bond donors (Lipinski definition) is 2. The summed E-state index contributed by atoms with van der Waals surface area (Å²) in [6.07, 6.45) is 0.416. The van der Waals surface area contributed by atoms with Crippen LogP contribution in [0.4, 0.5) is 0 Å². The maximum atomic E-state index is 10.0. The smallest absolute Gasteiger partial charge is 0.0929 e. The van der Waals surface area contributed by atoms with Crippen molar-refractivity contribution in [1.82, 2.24) is 10.2 Å². The summed E-state index contributed by atoms with van der Waals surface area (Å²) >= 11 is 11.9. The van der Waals surface area contributed by atoms with Gasteiger partial charge in [-0.15, -0.1) is 0 Å². The fraction of sp³-hybridized carbons (Fsp3) is 0.538. The first-order valence-electron chi connectivity index (χ1n) is 5.99. The lowest BCUT2D eigenvalue weighted by Crippen LogP contribution is -2.25. The Kier molecular flexibility index (Phi) is 6.97. The third-order valence-electron chi connectivity index (χ3n) is 2.61. The van der Waals surface area contributed by atoms with Gasteiger partial charge in [0.2, 0.25) is 0 Å². The average molecular weight is 291 g/mol. The van der Waals surface area contributed by atoms with Crippen LogP contribution in [0.25, 0.3) is 0 Å². The predicted molar refractivity (Wildman–Crippen MR) is 77.5 cm³/mol. The largest absolute Gasteiger partial charge is 0.387 e. The molecule has 0 aromatic heterocycles. The molecule has 1 aromatic carbocycles. The zero-order chi connectivity index (χ0) is 13.5. The van der Waals surface area contributed by atoms with E-state index >= 15 is 0 Å². The summed E-state index contributed by atoms with van der Waals surface area (Å²) in [6, 6.07) is 5.12. The zero-order valence-electron chi connectivity index (χ0n) is 10.8. The summed E-state index contributed by atoms with van der Waals surface area (Å²) in [7, 11) is 4.08. The van der Waals surface area contributed by atoms with Crippen molar-refractivity contribution in [3.63, 3.8) is 0 Å². The fourth-order valence-corrected chi connectivity index (χ4v) is 2.06. The van der Waals surface area contributed by atoms with E-state index in [1.54, 1.807) is 18.2 Å². The first kappa shape index (κ1) is 15.7. The van der Waals surface area contributed by atoms with Crippen LogP contribution in [0.5, 0.6) is 0 Å². The van der Waals surface area contributed by atoms with Crippen LogP contribution < -0.4 is 5.32 Å². The first-order valence-corrected chi connectivity index (χ1v) is 6.74. The topological polar surface area (TPSA) is 35.5 Å². The van der Waals surface area contributed by atoms with Gasteiger partial charge in [-0.05, 0) is 51.8 Å². The number of aliphatic hydroxyl groups is 1. The van der Waals surface area contributed by atoms with Crippen molar-refractivity contribution in [2.45, 2.75) is 12.5 Å². The normalized spacial score (nSPS) is 13.0. The molecule has 0 aliphatic rings. The van der Waals surface area contributed by atoms with E-state index < -0.39 is 6.10 Å². The molecule has 1 rings (SSSR count). The SMILES string of the molecule is CN(C)CCCNCC(O)c1cc(Cl)ccc1Cl. The Morgan fingerprint density at radius 3 is 2.72 bits per heavy atom. The maximum absolute atomic E-state index is 10.0. The number of halogens is 2. The van der Waals surface area contributed by atoms with Crippen LogP contribution in [0.1, 0.15) is 18.1 Å². The molecule has 0 fully saturated rings. The molecule has 0 aliphatic heterocycles. The van der Waals surface area contributed by atoms with Gasteiger partial charge in [-0.2, -0.15) is 0 Å². The Bertz CT molecular complexity index is 372. The molecule has 2 N–H and O–H groups in total. The maximum Gasteiger partial charge on any atom is 0.0929 e. The Morgan fingerprint density at radius 1 is 1.33 bits per heavy atom. The summed E-state index contributed by atoms with van der Waals surface area (Å²) in [5.74, 6) is 0. The highest BCUT2D eigenvalue weighted by atomic mass is 35.5. The molecule has 5 heteroatoms. The molecule has 102 valence electrons. The summed E-state index contributed by atoms with van der Waals surface area (Å²) in [6.45, 7) is 2.38. The molecule has 0 spiro atoms. The van der Waals surface area contributed by atoms with E-state index in [0.29, 0.717) is 22.2 Å². The van der Waals surface area contributed by atoms with Gasteiger partial charge in [0.05, 0.1) is 6.10 Å². The second-order valence-corrected chi connectivity index (χ2v) is 5.39. The summed E-state index contributed by atoms with van der Waals surface area (Å²) in [4.78, 5) is 2.13. The van der Waals surface area contributed by atoms with Gasteiger partial charge >= 0.3 is 0 Å². The third-order valence-corrected chi connectivity index (χ3v) is 3.19. The van der Waals surface area contributed by atoms with Gasteiger partial charge in [0.25, 0.3) is 0 Å². The Hall–Kier alpha value is -0.320. The van der Waals surface area contributed by atoms with Crippen LogP contribution in [-0.2, 0) is 0 Å². The van der Waals surface area contributed by atoms with Crippen LogP contribution in [0.2, 0.25) is 10.0 Å². The molecule has 1 atom stereocenters. The molecule has 1 aromatic rings. The lowest BCUT2D eigenvalue weighted by molar-refractivity contribution is 0.174. The molecule has 0 saturated heterocycles. The van der Waals surface area contributed by atoms with E-state index in [-0.39, 0.29) is 0 Å². The van der Waals surface area contributed by atoms with E-state index in [9.17, 15) is 5.11 Å². The molecular formula is C13H20Cl2N2O. The van der Waals surface area contributed by atoms with E-state index in [0.717, 1.165) is 19.5 Å². The predicted octanol–water partition coefficient (Wildman–Crippen LogP) is 2.57. The molecular weight excluding hydrogens is 271 g/mol. The van der Waals surface area contributed by atoms with Crippen molar-refractivity contribution in [3.05, 3.63) is 33.8 Å². The molecule has 18 heavy (non-hydrogen) atoms. The van der Waals surface area contributed by atoms with Gasteiger partial charge in [-0.25, -0.2) is 0 Å². The monoisotopic (exact) mass is 290 g/mol. The lowest BCUT2D eigenvalue weighted by atomic mass is 10.1. The summed E-state index contributed by atoms with van der Waals surface area (Å²) < 4.78 is 0. The summed E-state index contributed by atoms with van der Waals surface area (Å²) in [5, 5.41) is 14.4. The molecule has 0 saturated carbocycles. The third kappa shape index (κ3) is 5.55. The number of benzene rings is 1. The van der Waals surface area contributed by atoms with Gasteiger partial charge in [-0.3, -0.25) is 0 Å². The van der Waals surface area contributed by atoms with E-state index in [1.807, 2.05) is 14.1 Å². The Balaban J connectivity index is 2.36. The van der Waals surface area contributed by atoms with Crippen molar-refractivity contribution < 1.29 is 5.11 Å². The minimum absolute atomic E-state index is 0.480. The van der Waals surface area contributed by atoms with Crippen LogP contribution >= 0.6 is 23.2 Å². The van der Waals surface area contributed by atoms with Crippen molar-refractivity contribution in [3.8, 4) is 0 Å². The molecule has 0 bridgehead atoms. The number of aliphatic hydroxyl groups excluding tert-OH is 1. The Labute approximate surface area is 119 Å². The van der Waals surface area contributed by atoms with Crippen LogP contribution in [0.3, 0.4) is 0 Å². The molecule has 0 amide bonds. The highest BCUT2D eigenvalue weighted by molar-refractivity contribution is 6.33. The second kappa shape index (κ2) is 7.97. The number of rotatable bonds is 7. The van der Waals surface area contributed by atoms with Crippen LogP contribution in [0, 0.1) is 0 Å².